The Morgan fingerprint density at radius 3 is 2.85 bits per heavy atom. The molecule has 4 rings (SSSR count). The molecule has 2 aliphatic heterocycles. The van der Waals surface area contributed by atoms with Crippen molar-refractivity contribution in [3.63, 3.8) is 0 Å². The van der Waals surface area contributed by atoms with Gasteiger partial charge in [0.05, 0.1) is 25.6 Å². The summed E-state index contributed by atoms with van der Waals surface area (Å²) in [6, 6.07) is 11.6. The van der Waals surface area contributed by atoms with E-state index in [2.05, 4.69) is 16.3 Å². The largest absolute Gasteiger partial charge is 0.496 e. The first kappa shape index (κ1) is 18.1. The number of ether oxygens (including phenoxy) is 2. The number of methoxy groups -OCH3 is 1. The zero-order valence-electron chi connectivity index (χ0n) is 15.6. The van der Waals surface area contributed by atoms with Crippen molar-refractivity contribution >= 4 is 5.91 Å². The average Bonchev–Trinajstić information content (AvgIpc) is 3.21. The van der Waals surface area contributed by atoms with E-state index in [9.17, 15) is 4.79 Å². The lowest BCUT2D eigenvalue weighted by Gasteiger charge is -2.53. The zero-order chi connectivity index (χ0) is 18.7. The third-order valence-corrected chi connectivity index (χ3v) is 5.54. The van der Waals surface area contributed by atoms with Crippen LogP contribution in [0.4, 0.5) is 0 Å². The Labute approximate surface area is 159 Å². The highest BCUT2D eigenvalue weighted by atomic mass is 16.5. The monoisotopic (exact) mass is 370 g/mol. The minimum Gasteiger partial charge on any atom is -0.496 e. The fourth-order valence-electron chi connectivity index (χ4n) is 4.01. The Hall–Kier alpha value is -2.31. The molecular weight excluding hydrogens is 344 g/mol. The van der Waals surface area contributed by atoms with Crippen LogP contribution in [0.1, 0.15) is 29.0 Å². The molecule has 2 fully saturated rings. The van der Waals surface area contributed by atoms with Gasteiger partial charge in [-0.3, -0.25) is 9.69 Å². The van der Waals surface area contributed by atoms with Gasteiger partial charge in [-0.1, -0.05) is 18.2 Å². The average molecular weight is 370 g/mol. The Balaban J connectivity index is 1.21. The second-order valence-electron chi connectivity index (χ2n) is 7.54. The van der Waals surface area contributed by atoms with Crippen LogP contribution in [0.15, 0.2) is 47.1 Å². The number of hydrogen-bond donors (Lipinski definition) is 1. The second kappa shape index (κ2) is 7.74. The van der Waals surface area contributed by atoms with Gasteiger partial charge in [-0.25, -0.2) is 0 Å². The Bertz CT molecular complexity index is 758. The molecule has 6 nitrogen and oxygen atoms in total. The molecule has 2 aliphatic rings. The molecule has 2 saturated heterocycles. The number of likely N-dealkylation sites (tertiary alicyclic amines) is 1. The summed E-state index contributed by atoms with van der Waals surface area (Å²) in [7, 11) is 1.71. The summed E-state index contributed by atoms with van der Waals surface area (Å²) in [6.07, 6.45) is 3.62. The van der Waals surface area contributed by atoms with Crippen molar-refractivity contribution in [3.05, 3.63) is 54.0 Å². The first-order valence-electron chi connectivity index (χ1n) is 9.47. The zero-order valence-corrected chi connectivity index (χ0v) is 15.6. The van der Waals surface area contributed by atoms with Crippen molar-refractivity contribution in [1.29, 1.82) is 0 Å². The number of nitrogens with zero attached hydrogens (tertiary/aromatic N) is 1. The molecule has 2 aromatic rings. The number of furan rings is 1. The van der Waals surface area contributed by atoms with Crippen LogP contribution in [0.3, 0.4) is 0 Å². The van der Waals surface area contributed by atoms with Gasteiger partial charge in [0.15, 0.2) is 5.76 Å². The molecule has 6 heteroatoms. The van der Waals surface area contributed by atoms with Gasteiger partial charge < -0.3 is 19.2 Å². The third-order valence-electron chi connectivity index (χ3n) is 5.54. The molecule has 144 valence electrons. The molecule has 3 heterocycles. The van der Waals surface area contributed by atoms with E-state index in [1.807, 2.05) is 18.2 Å². The normalized spacial score (nSPS) is 21.6. The Morgan fingerprint density at radius 1 is 1.30 bits per heavy atom. The molecule has 1 aromatic heterocycles. The van der Waals surface area contributed by atoms with Gasteiger partial charge in [0, 0.05) is 31.7 Å². The summed E-state index contributed by atoms with van der Waals surface area (Å²) < 4.78 is 16.8. The quantitative estimate of drug-likeness (QED) is 0.847. The van der Waals surface area contributed by atoms with Crippen molar-refractivity contribution < 1.29 is 18.7 Å². The number of carbonyl (C=O) groups is 1. The minimum atomic E-state index is -0.160. The fraction of sp³-hybridized carbons (Fsp3) is 0.476. The first-order chi connectivity index (χ1) is 13.2. The summed E-state index contributed by atoms with van der Waals surface area (Å²) in [5.74, 6) is 1.49. The molecule has 27 heavy (non-hydrogen) atoms. The molecule has 0 saturated carbocycles. The first-order valence-corrected chi connectivity index (χ1v) is 9.47. The molecule has 1 spiro atoms. The number of carbonyl (C=O) groups excluding carboxylic acids is 1. The lowest BCUT2D eigenvalue weighted by molar-refractivity contribution is -0.181. The lowest BCUT2D eigenvalue weighted by Crippen LogP contribution is -2.64. The van der Waals surface area contributed by atoms with E-state index < -0.39 is 0 Å². The number of amides is 1. The molecule has 0 unspecified atom stereocenters. The highest BCUT2D eigenvalue weighted by molar-refractivity contribution is 5.91. The van der Waals surface area contributed by atoms with Crippen LogP contribution in [0.5, 0.6) is 5.75 Å². The van der Waals surface area contributed by atoms with E-state index >= 15 is 0 Å². The number of benzene rings is 1. The summed E-state index contributed by atoms with van der Waals surface area (Å²) in [4.78, 5) is 14.3. The van der Waals surface area contributed by atoms with Gasteiger partial charge in [-0.2, -0.15) is 0 Å². The number of rotatable bonds is 6. The van der Waals surface area contributed by atoms with Crippen molar-refractivity contribution in [2.45, 2.75) is 25.0 Å². The molecule has 0 radical (unpaired) electrons. The van der Waals surface area contributed by atoms with Gasteiger partial charge in [0.1, 0.15) is 5.75 Å². The van der Waals surface area contributed by atoms with Crippen LogP contribution >= 0.6 is 0 Å². The van der Waals surface area contributed by atoms with E-state index in [0.29, 0.717) is 24.8 Å². The highest BCUT2D eigenvalue weighted by Crippen LogP contribution is 2.37. The van der Waals surface area contributed by atoms with Gasteiger partial charge >= 0.3 is 0 Å². The predicted octanol–water partition coefficient (Wildman–Crippen LogP) is 2.70. The summed E-state index contributed by atoms with van der Waals surface area (Å²) in [5, 5.41) is 2.94. The SMILES string of the molecule is COc1ccccc1CN1CC2(CC[C@@H](CNC(=O)c3ccco3)CO2)C1. The smallest absolute Gasteiger partial charge is 0.286 e. The fourth-order valence-corrected chi connectivity index (χ4v) is 4.01. The summed E-state index contributed by atoms with van der Waals surface area (Å²) >= 11 is 0. The van der Waals surface area contributed by atoms with Crippen molar-refractivity contribution in [3.8, 4) is 5.75 Å². The summed E-state index contributed by atoms with van der Waals surface area (Å²) in [5.41, 5.74) is 1.20. The van der Waals surface area contributed by atoms with E-state index in [0.717, 1.165) is 38.2 Å². The maximum absolute atomic E-state index is 11.9. The molecule has 1 amide bonds. The van der Waals surface area contributed by atoms with Gasteiger partial charge in [-0.15, -0.1) is 0 Å². The van der Waals surface area contributed by atoms with Crippen LogP contribution in [0.2, 0.25) is 0 Å². The van der Waals surface area contributed by atoms with Crippen molar-refractivity contribution in [2.24, 2.45) is 5.92 Å². The van der Waals surface area contributed by atoms with E-state index in [-0.39, 0.29) is 11.5 Å². The van der Waals surface area contributed by atoms with Crippen LogP contribution in [0.25, 0.3) is 0 Å². The van der Waals surface area contributed by atoms with Gasteiger partial charge in [0.25, 0.3) is 5.91 Å². The van der Waals surface area contributed by atoms with E-state index in [4.69, 9.17) is 13.9 Å². The predicted molar refractivity (Wildman–Crippen MR) is 101 cm³/mol. The Kier molecular flexibility index (Phi) is 5.18. The van der Waals surface area contributed by atoms with Crippen LogP contribution < -0.4 is 10.1 Å². The minimum absolute atomic E-state index is 0.0104. The number of para-hydroxylation sites is 1. The molecule has 0 aliphatic carbocycles. The summed E-state index contributed by atoms with van der Waals surface area (Å²) in [6.45, 7) is 4.12. The maximum atomic E-state index is 11.9. The molecule has 0 bridgehead atoms. The van der Waals surface area contributed by atoms with Crippen molar-refractivity contribution in [1.82, 2.24) is 10.2 Å². The lowest BCUT2D eigenvalue weighted by atomic mass is 9.82. The molecule has 1 aromatic carbocycles. The van der Waals surface area contributed by atoms with E-state index in [1.54, 1.807) is 19.2 Å². The van der Waals surface area contributed by atoms with Gasteiger partial charge in [-0.05, 0) is 37.0 Å². The van der Waals surface area contributed by atoms with Crippen LogP contribution in [-0.4, -0.2) is 49.8 Å². The van der Waals surface area contributed by atoms with Gasteiger partial charge in [0.2, 0.25) is 0 Å². The molecular formula is C21H26N2O4. The molecule has 1 atom stereocenters. The Morgan fingerprint density at radius 2 is 2.15 bits per heavy atom. The van der Waals surface area contributed by atoms with Crippen LogP contribution in [-0.2, 0) is 11.3 Å². The number of hydrogen-bond acceptors (Lipinski definition) is 5. The maximum Gasteiger partial charge on any atom is 0.286 e. The van der Waals surface area contributed by atoms with E-state index in [1.165, 1.54) is 11.8 Å². The topological polar surface area (TPSA) is 63.9 Å². The highest BCUT2D eigenvalue weighted by Gasteiger charge is 2.46. The third kappa shape index (κ3) is 4.01. The standard InChI is InChI=1S/C21H26N2O4/c1-25-18-6-3-2-5-17(18)12-23-14-21(15-23)9-8-16(13-27-21)11-22-20(24)19-7-4-10-26-19/h2-7,10,16H,8-9,11-15H2,1H3,(H,22,24)/t16-/m0/s1. The molecule has 1 N–H and O–H groups in total. The van der Waals surface area contributed by atoms with Crippen LogP contribution in [0, 0.1) is 5.92 Å². The second-order valence-corrected chi connectivity index (χ2v) is 7.54. The number of nitrogens with one attached hydrogen (secondary N) is 1. The van der Waals surface area contributed by atoms with Crippen molar-refractivity contribution in [2.75, 3.05) is 33.4 Å².